The molecule has 1 saturated heterocycles. The second kappa shape index (κ2) is 11.4. The summed E-state index contributed by atoms with van der Waals surface area (Å²) in [5.74, 6) is -2.00. The minimum Gasteiger partial charge on any atom is -0.507 e. The first kappa shape index (κ1) is 27.3. The molecule has 0 aliphatic carbocycles. The number of esters is 1. The Kier molecular flexibility index (Phi) is 8.18. The van der Waals surface area contributed by atoms with E-state index in [9.17, 15) is 19.5 Å². The predicted octanol–water partition coefficient (Wildman–Crippen LogP) is 6.01. The lowest BCUT2D eigenvalue weighted by Crippen LogP contribution is -2.29. The van der Waals surface area contributed by atoms with E-state index >= 15 is 0 Å². The molecule has 2 heterocycles. The molecule has 8 nitrogen and oxygen atoms in total. The van der Waals surface area contributed by atoms with Crippen molar-refractivity contribution in [2.75, 3.05) is 18.1 Å². The third-order valence-corrected chi connectivity index (χ3v) is 7.36. The standard InChI is InChI=1S/C28H27ClN2O6S/c1-5-12-37-19-10-11-20(15(3)13-19)23(32)21-22(17-8-7-9-18(29)14-17)31(26(34)24(21)33)28-30-16(4)25(38-28)27(35)36-6-2/h7-11,13-14,22,32H,5-6,12H2,1-4H3/b23-21-. The van der Waals surface area contributed by atoms with Crippen molar-refractivity contribution in [3.63, 3.8) is 0 Å². The normalized spacial score (nSPS) is 16.7. The molecule has 38 heavy (non-hydrogen) atoms. The first-order chi connectivity index (χ1) is 18.2. The van der Waals surface area contributed by atoms with Crippen molar-refractivity contribution in [1.29, 1.82) is 0 Å². The van der Waals surface area contributed by atoms with Gasteiger partial charge in [0, 0.05) is 10.6 Å². The Morgan fingerprint density at radius 2 is 1.92 bits per heavy atom. The SMILES string of the molecule is CCCOc1ccc(/C(O)=C2/C(=O)C(=O)N(c3nc(C)c(C(=O)OCC)s3)C2c2cccc(Cl)c2)c(C)c1. The van der Waals surface area contributed by atoms with Crippen molar-refractivity contribution in [2.24, 2.45) is 0 Å². The minimum atomic E-state index is -1.02. The molecule has 0 spiro atoms. The molecule has 1 amide bonds. The maximum absolute atomic E-state index is 13.4. The van der Waals surface area contributed by atoms with Gasteiger partial charge in [0.15, 0.2) is 5.13 Å². The monoisotopic (exact) mass is 554 g/mol. The van der Waals surface area contributed by atoms with E-state index < -0.39 is 23.7 Å². The second-order valence-electron chi connectivity index (χ2n) is 8.68. The summed E-state index contributed by atoms with van der Waals surface area (Å²) < 4.78 is 10.8. The van der Waals surface area contributed by atoms with Gasteiger partial charge in [-0.05, 0) is 68.7 Å². The van der Waals surface area contributed by atoms with Crippen LogP contribution in [0.5, 0.6) is 5.75 Å². The van der Waals surface area contributed by atoms with Gasteiger partial charge in [-0.25, -0.2) is 9.78 Å². The van der Waals surface area contributed by atoms with Crippen LogP contribution in [-0.2, 0) is 14.3 Å². The summed E-state index contributed by atoms with van der Waals surface area (Å²) in [7, 11) is 0. The van der Waals surface area contributed by atoms with Crippen molar-refractivity contribution in [3.05, 3.63) is 80.3 Å². The fraction of sp³-hybridized carbons (Fsp3) is 0.286. The van der Waals surface area contributed by atoms with Crippen LogP contribution in [0.2, 0.25) is 5.02 Å². The van der Waals surface area contributed by atoms with Crippen LogP contribution in [0.15, 0.2) is 48.0 Å². The number of ketones is 1. The minimum absolute atomic E-state index is 0.104. The van der Waals surface area contributed by atoms with E-state index in [1.807, 2.05) is 6.92 Å². The quantitative estimate of drug-likeness (QED) is 0.157. The Morgan fingerprint density at radius 1 is 1.16 bits per heavy atom. The third-order valence-electron chi connectivity index (χ3n) is 5.99. The molecule has 0 radical (unpaired) electrons. The Hall–Kier alpha value is -3.69. The summed E-state index contributed by atoms with van der Waals surface area (Å²) >= 11 is 7.22. The summed E-state index contributed by atoms with van der Waals surface area (Å²) in [5.41, 5.74) is 1.83. The number of carbonyl (C=O) groups is 3. The number of aromatic nitrogens is 1. The molecule has 1 aromatic heterocycles. The number of aliphatic hydroxyl groups is 1. The van der Waals surface area contributed by atoms with Gasteiger partial charge in [-0.3, -0.25) is 14.5 Å². The molecule has 1 unspecified atom stereocenters. The van der Waals surface area contributed by atoms with Crippen LogP contribution in [-0.4, -0.2) is 41.0 Å². The van der Waals surface area contributed by atoms with Gasteiger partial charge in [0.05, 0.1) is 30.5 Å². The van der Waals surface area contributed by atoms with E-state index in [0.717, 1.165) is 17.8 Å². The molecule has 1 N–H and O–H groups in total. The summed E-state index contributed by atoms with van der Waals surface area (Å²) in [6.45, 7) is 7.83. The molecule has 10 heteroatoms. The van der Waals surface area contributed by atoms with Crippen molar-refractivity contribution in [1.82, 2.24) is 4.98 Å². The van der Waals surface area contributed by atoms with E-state index in [4.69, 9.17) is 21.1 Å². The van der Waals surface area contributed by atoms with Gasteiger partial charge in [-0.15, -0.1) is 0 Å². The molecule has 1 aliphatic heterocycles. The molecular weight excluding hydrogens is 528 g/mol. The van der Waals surface area contributed by atoms with Gasteiger partial charge < -0.3 is 14.6 Å². The van der Waals surface area contributed by atoms with Crippen molar-refractivity contribution in [2.45, 2.75) is 40.2 Å². The maximum atomic E-state index is 13.4. The number of nitrogens with zero attached hydrogens (tertiary/aromatic N) is 2. The molecule has 1 aliphatic rings. The number of aliphatic hydroxyl groups excluding tert-OH is 1. The first-order valence-corrected chi connectivity index (χ1v) is 13.3. The van der Waals surface area contributed by atoms with Gasteiger partial charge >= 0.3 is 11.9 Å². The molecular formula is C28H27ClN2O6S. The number of halogens is 1. The molecule has 0 bridgehead atoms. The summed E-state index contributed by atoms with van der Waals surface area (Å²) in [5, 5.41) is 12.0. The number of anilines is 1. The second-order valence-corrected chi connectivity index (χ2v) is 10.1. The summed E-state index contributed by atoms with van der Waals surface area (Å²) in [6.07, 6.45) is 0.845. The Balaban J connectivity index is 1.88. The Bertz CT molecular complexity index is 1450. The number of Topliss-reactive ketones (excluding diaryl/α,β-unsaturated/α-hetero) is 1. The van der Waals surface area contributed by atoms with Crippen LogP contribution in [0.1, 0.15) is 58.4 Å². The number of benzene rings is 2. The van der Waals surface area contributed by atoms with Crippen LogP contribution >= 0.6 is 22.9 Å². The van der Waals surface area contributed by atoms with Crippen LogP contribution in [0.25, 0.3) is 5.76 Å². The van der Waals surface area contributed by atoms with E-state index in [1.54, 1.807) is 63.2 Å². The van der Waals surface area contributed by atoms with E-state index in [-0.39, 0.29) is 27.9 Å². The molecule has 1 atom stereocenters. The fourth-order valence-electron chi connectivity index (χ4n) is 4.25. The number of carbonyl (C=O) groups excluding carboxylic acids is 3. The highest BCUT2D eigenvalue weighted by Gasteiger charge is 2.48. The third kappa shape index (κ3) is 5.16. The zero-order valence-corrected chi connectivity index (χ0v) is 23.0. The van der Waals surface area contributed by atoms with Crippen LogP contribution in [0, 0.1) is 13.8 Å². The van der Waals surface area contributed by atoms with E-state index in [2.05, 4.69) is 4.98 Å². The summed E-state index contributed by atoms with van der Waals surface area (Å²) in [6, 6.07) is 10.8. The van der Waals surface area contributed by atoms with Crippen molar-refractivity contribution < 1.29 is 29.0 Å². The predicted molar refractivity (Wildman–Crippen MR) is 146 cm³/mol. The lowest BCUT2D eigenvalue weighted by Gasteiger charge is -2.23. The highest BCUT2D eigenvalue weighted by atomic mass is 35.5. The van der Waals surface area contributed by atoms with Crippen molar-refractivity contribution in [3.8, 4) is 5.75 Å². The molecule has 3 aromatic rings. The first-order valence-electron chi connectivity index (χ1n) is 12.1. The zero-order valence-electron chi connectivity index (χ0n) is 21.4. The highest BCUT2D eigenvalue weighted by molar-refractivity contribution is 7.17. The average molecular weight is 555 g/mol. The average Bonchev–Trinajstić information content (AvgIpc) is 3.39. The number of ether oxygens (including phenoxy) is 2. The molecule has 0 saturated carbocycles. The molecule has 4 rings (SSSR count). The molecule has 1 fully saturated rings. The molecule has 2 aromatic carbocycles. The smallest absolute Gasteiger partial charge is 0.350 e. The van der Waals surface area contributed by atoms with Crippen LogP contribution in [0.4, 0.5) is 5.13 Å². The van der Waals surface area contributed by atoms with E-state index in [1.165, 1.54) is 4.90 Å². The number of aryl methyl sites for hydroxylation is 2. The lowest BCUT2D eigenvalue weighted by molar-refractivity contribution is -0.132. The largest absolute Gasteiger partial charge is 0.507 e. The highest BCUT2D eigenvalue weighted by Crippen LogP contribution is 2.44. The Labute approximate surface area is 229 Å². The maximum Gasteiger partial charge on any atom is 0.350 e. The number of rotatable bonds is 8. The molecule has 198 valence electrons. The van der Waals surface area contributed by atoms with Gasteiger partial charge in [-0.2, -0.15) is 0 Å². The zero-order chi connectivity index (χ0) is 27.6. The van der Waals surface area contributed by atoms with Gasteiger partial charge in [0.1, 0.15) is 16.4 Å². The number of thiazole rings is 1. The van der Waals surface area contributed by atoms with Crippen LogP contribution in [0.3, 0.4) is 0 Å². The Morgan fingerprint density at radius 3 is 2.58 bits per heavy atom. The fourth-order valence-corrected chi connectivity index (χ4v) is 5.44. The van der Waals surface area contributed by atoms with Gasteiger partial charge in [-0.1, -0.05) is 42.0 Å². The van der Waals surface area contributed by atoms with Crippen LogP contribution < -0.4 is 9.64 Å². The lowest BCUT2D eigenvalue weighted by atomic mass is 9.94. The topological polar surface area (TPSA) is 106 Å². The van der Waals surface area contributed by atoms with Crippen molar-refractivity contribution >= 4 is 51.5 Å². The summed E-state index contributed by atoms with van der Waals surface area (Å²) in [4.78, 5) is 45.1. The van der Waals surface area contributed by atoms with Gasteiger partial charge in [0.2, 0.25) is 0 Å². The van der Waals surface area contributed by atoms with E-state index in [0.29, 0.717) is 39.8 Å². The van der Waals surface area contributed by atoms with Gasteiger partial charge in [0.25, 0.3) is 5.78 Å². The number of hydrogen-bond acceptors (Lipinski definition) is 8. The number of hydrogen-bond donors (Lipinski definition) is 1. The number of amides is 1.